The van der Waals surface area contributed by atoms with E-state index in [0.29, 0.717) is 31.7 Å². The molecule has 0 saturated heterocycles. The van der Waals surface area contributed by atoms with Gasteiger partial charge in [0.1, 0.15) is 5.54 Å². The van der Waals surface area contributed by atoms with E-state index in [4.69, 9.17) is 0 Å². The molecule has 1 aliphatic carbocycles. The molecule has 0 amide bonds. The molecule has 1 saturated carbocycles. The Labute approximate surface area is 115 Å². The first-order chi connectivity index (χ1) is 9.30. The molecule has 2 rings (SSSR count). The fourth-order valence-electron chi connectivity index (χ4n) is 2.61. The first-order valence-corrected chi connectivity index (χ1v) is 7.98. The van der Waals surface area contributed by atoms with Gasteiger partial charge in [-0.2, -0.15) is 4.99 Å². The Bertz CT molecular complexity index is 688. The smallest absolute Gasteiger partial charge is 0.224 e. The van der Waals surface area contributed by atoms with Gasteiger partial charge in [-0.1, -0.05) is 12.8 Å². The zero-order chi connectivity index (χ0) is 15.0. The van der Waals surface area contributed by atoms with E-state index in [1.165, 1.54) is 6.08 Å². The summed E-state index contributed by atoms with van der Waals surface area (Å²) < 4.78 is 50.7. The average molecular weight is 301 g/mol. The van der Waals surface area contributed by atoms with Crippen LogP contribution in [0.15, 0.2) is 22.0 Å². The predicted octanol–water partition coefficient (Wildman–Crippen LogP) is 2.47. The van der Waals surface area contributed by atoms with Crippen LogP contribution in [0.2, 0.25) is 0 Å². The van der Waals surface area contributed by atoms with Gasteiger partial charge in [-0.25, -0.2) is 22.0 Å². The lowest BCUT2D eigenvalue weighted by Gasteiger charge is -2.24. The van der Waals surface area contributed by atoms with Crippen LogP contribution >= 0.6 is 0 Å². The van der Waals surface area contributed by atoms with Gasteiger partial charge >= 0.3 is 0 Å². The fourth-order valence-corrected chi connectivity index (χ4v) is 3.25. The van der Waals surface area contributed by atoms with Crippen molar-refractivity contribution in [2.45, 2.75) is 36.1 Å². The molecule has 0 radical (unpaired) electrons. The number of isocyanates is 1. The Morgan fingerprint density at radius 3 is 2.35 bits per heavy atom. The Balaban J connectivity index is 2.72. The first-order valence-electron chi connectivity index (χ1n) is 6.09. The van der Waals surface area contributed by atoms with E-state index < -0.39 is 27.0 Å². The summed E-state index contributed by atoms with van der Waals surface area (Å²) >= 11 is 0. The van der Waals surface area contributed by atoms with Gasteiger partial charge in [0.2, 0.25) is 6.08 Å². The van der Waals surface area contributed by atoms with Gasteiger partial charge in [0.15, 0.2) is 21.5 Å². The van der Waals surface area contributed by atoms with Gasteiger partial charge < -0.3 is 0 Å². The predicted molar refractivity (Wildman–Crippen MR) is 67.7 cm³/mol. The van der Waals surface area contributed by atoms with Crippen LogP contribution in [0.3, 0.4) is 0 Å². The zero-order valence-corrected chi connectivity index (χ0v) is 11.6. The third-order valence-corrected chi connectivity index (χ3v) is 4.71. The molecule has 0 heterocycles. The van der Waals surface area contributed by atoms with Crippen LogP contribution in [0.1, 0.15) is 31.2 Å². The average Bonchev–Trinajstić information content (AvgIpc) is 2.81. The van der Waals surface area contributed by atoms with Crippen molar-refractivity contribution in [3.63, 3.8) is 0 Å². The summed E-state index contributed by atoms with van der Waals surface area (Å²) in [6.07, 6.45) is 4.44. The Kier molecular flexibility index (Phi) is 3.75. The van der Waals surface area contributed by atoms with E-state index in [2.05, 4.69) is 4.99 Å². The lowest BCUT2D eigenvalue weighted by molar-refractivity contribution is 0.409. The number of sulfone groups is 1. The Morgan fingerprint density at radius 2 is 1.85 bits per heavy atom. The van der Waals surface area contributed by atoms with E-state index >= 15 is 0 Å². The van der Waals surface area contributed by atoms with E-state index in [9.17, 15) is 22.0 Å². The summed E-state index contributed by atoms with van der Waals surface area (Å²) in [5.74, 6) is -2.41. The molecule has 108 valence electrons. The SMILES string of the molecule is CS(=O)(=O)c1cc(F)c(F)c(C2(N=C=O)CCCC2)c1. The highest BCUT2D eigenvalue weighted by molar-refractivity contribution is 7.90. The van der Waals surface area contributed by atoms with Crippen LogP contribution in [0.25, 0.3) is 0 Å². The highest BCUT2D eigenvalue weighted by atomic mass is 32.2. The summed E-state index contributed by atoms with van der Waals surface area (Å²) in [7, 11) is -3.68. The minimum atomic E-state index is -3.68. The van der Waals surface area contributed by atoms with Gasteiger partial charge in [-0.05, 0) is 25.0 Å². The normalized spacial score (nSPS) is 17.8. The van der Waals surface area contributed by atoms with Gasteiger partial charge in [0, 0.05) is 11.8 Å². The molecule has 0 aliphatic heterocycles. The molecule has 1 aromatic carbocycles. The first kappa shape index (κ1) is 14.8. The molecule has 1 aliphatic rings. The van der Waals surface area contributed by atoms with Crippen LogP contribution in [0.4, 0.5) is 8.78 Å². The van der Waals surface area contributed by atoms with Crippen LogP contribution in [0, 0.1) is 11.6 Å². The van der Waals surface area contributed by atoms with Crippen LogP contribution < -0.4 is 0 Å². The molecule has 0 bridgehead atoms. The van der Waals surface area contributed by atoms with Crippen molar-refractivity contribution in [3.05, 3.63) is 29.3 Å². The number of carbonyl (C=O) groups excluding carboxylic acids is 1. The highest BCUT2D eigenvalue weighted by Gasteiger charge is 2.39. The van der Waals surface area contributed by atoms with E-state index in [1.807, 2.05) is 0 Å². The van der Waals surface area contributed by atoms with Crippen molar-refractivity contribution >= 4 is 15.9 Å². The van der Waals surface area contributed by atoms with Crippen LogP contribution in [-0.2, 0) is 20.2 Å². The molecule has 7 heteroatoms. The number of halogens is 2. The molecule has 4 nitrogen and oxygen atoms in total. The third kappa shape index (κ3) is 2.51. The minimum Gasteiger partial charge on any atom is -0.224 e. The van der Waals surface area contributed by atoms with E-state index in [0.717, 1.165) is 12.3 Å². The number of rotatable bonds is 3. The van der Waals surface area contributed by atoms with Crippen molar-refractivity contribution in [3.8, 4) is 0 Å². The monoisotopic (exact) mass is 301 g/mol. The third-order valence-electron chi connectivity index (χ3n) is 3.62. The lowest BCUT2D eigenvalue weighted by Crippen LogP contribution is -2.22. The maximum absolute atomic E-state index is 14.0. The minimum absolute atomic E-state index is 0.182. The number of nitrogens with zero attached hydrogens (tertiary/aromatic N) is 1. The second-order valence-electron chi connectivity index (χ2n) is 4.98. The van der Waals surface area contributed by atoms with Gasteiger partial charge in [-0.15, -0.1) is 0 Å². The lowest BCUT2D eigenvalue weighted by atomic mass is 9.88. The van der Waals surface area contributed by atoms with Crippen LogP contribution in [0.5, 0.6) is 0 Å². The maximum Gasteiger partial charge on any atom is 0.235 e. The van der Waals surface area contributed by atoms with Gasteiger partial charge in [0.25, 0.3) is 0 Å². The number of hydrogen-bond donors (Lipinski definition) is 0. The number of hydrogen-bond acceptors (Lipinski definition) is 4. The fraction of sp³-hybridized carbons (Fsp3) is 0.462. The van der Waals surface area contributed by atoms with Crippen molar-refractivity contribution < 1.29 is 22.0 Å². The molecule has 0 spiro atoms. The second-order valence-corrected chi connectivity index (χ2v) is 7.00. The summed E-state index contributed by atoms with van der Waals surface area (Å²) in [5.41, 5.74) is -1.38. The van der Waals surface area contributed by atoms with E-state index in [1.54, 1.807) is 0 Å². The van der Waals surface area contributed by atoms with Crippen molar-refractivity contribution in [2.24, 2.45) is 4.99 Å². The summed E-state index contributed by atoms with van der Waals surface area (Å²) in [4.78, 5) is 13.9. The standard InChI is InChI=1S/C13H13F2NO3S/c1-20(18,19)9-6-10(12(15)11(14)7-9)13(16-8-17)4-2-3-5-13/h6-7H,2-5H2,1H3. The Hall–Kier alpha value is -1.59. The molecule has 0 aromatic heterocycles. The van der Waals surface area contributed by atoms with Crippen molar-refractivity contribution in [2.75, 3.05) is 6.26 Å². The highest BCUT2D eigenvalue weighted by Crippen LogP contribution is 2.44. The zero-order valence-electron chi connectivity index (χ0n) is 10.8. The molecular formula is C13H13F2NO3S. The summed E-state index contributed by atoms with van der Waals surface area (Å²) in [6, 6.07) is 1.71. The van der Waals surface area contributed by atoms with E-state index in [-0.39, 0.29) is 10.5 Å². The number of benzene rings is 1. The number of aliphatic imine (C=N–C) groups is 1. The van der Waals surface area contributed by atoms with Gasteiger partial charge in [-0.3, -0.25) is 0 Å². The second kappa shape index (κ2) is 5.07. The maximum atomic E-state index is 14.0. The molecule has 0 atom stereocenters. The molecule has 1 fully saturated rings. The van der Waals surface area contributed by atoms with Crippen molar-refractivity contribution in [1.82, 2.24) is 0 Å². The summed E-state index contributed by atoms with van der Waals surface area (Å²) in [5, 5.41) is 0. The molecule has 0 unspecified atom stereocenters. The Morgan fingerprint density at radius 1 is 1.25 bits per heavy atom. The quantitative estimate of drug-likeness (QED) is 0.489. The molecule has 1 aromatic rings. The topological polar surface area (TPSA) is 63.6 Å². The molecule has 0 N–H and O–H groups in total. The van der Waals surface area contributed by atoms with Gasteiger partial charge in [0.05, 0.1) is 4.90 Å². The summed E-state index contributed by atoms with van der Waals surface area (Å²) in [6.45, 7) is 0. The largest absolute Gasteiger partial charge is 0.235 e. The molecule has 20 heavy (non-hydrogen) atoms. The molecular weight excluding hydrogens is 288 g/mol. The van der Waals surface area contributed by atoms with Crippen molar-refractivity contribution in [1.29, 1.82) is 0 Å². The van der Waals surface area contributed by atoms with Crippen LogP contribution in [-0.4, -0.2) is 20.8 Å².